The average Bonchev–Trinajstić information content (AvgIpc) is 2.93. The second kappa shape index (κ2) is 2.25. The molecular formula is C10H10N2O. The van der Waals surface area contributed by atoms with Crippen LogP contribution in [0.3, 0.4) is 0 Å². The van der Waals surface area contributed by atoms with Crippen LogP contribution in [-0.4, -0.2) is 14.5 Å². The SMILES string of the molecule is Oc1cnc2cc(C3CC3)ccn12. The summed E-state index contributed by atoms with van der Waals surface area (Å²) in [6, 6.07) is 4.11. The van der Waals surface area contributed by atoms with Gasteiger partial charge in [0.15, 0.2) is 0 Å². The summed E-state index contributed by atoms with van der Waals surface area (Å²) in [6.07, 6.45) is 5.95. The van der Waals surface area contributed by atoms with E-state index in [-0.39, 0.29) is 5.88 Å². The van der Waals surface area contributed by atoms with Gasteiger partial charge in [-0.05, 0) is 36.5 Å². The molecule has 0 bridgehead atoms. The zero-order chi connectivity index (χ0) is 8.84. The van der Waals surface area contributed by atoms with Gasteiger partial charge in [0.25, 0.3) is 0 Å². The third-order valence-electron chi connectivity index (χ3n) is 2.57. The highest BCUT2D eigenvalue weighted by Crippen LogP contribution is 2.40. The highest BCUT2D eigenvalue weighted by Gasteiger charge is 2.23. The Morgan fingerprint density at radius 2 is 2.31 bits per heavy atom. The fraction of sp³-hybridized carbons (Fsp3) is 0.300. The summed E-state index contributed by atoms with van der Waals surface area (Å²) in [4.78, 5) is 4.10. The van der Waals surface area contributed by atoms with Crippen molar-refractivity contribution in [3.63, 3.8) is 0 Å². The highest BCUT2D eigenvalue weighted by molar-refractivity contribution is 5.46. The van der Waals surface area contributed by atoms with E-state index in [4.69, 9.17) is 0 Å². The van der Waals surface area contributed by atoms with Crippen molar-refractivity contribution in [2.24, 2.45) is 0 Å². The van der Waals surface area contributed by atoms with Gasteiger partial charge >= 0.3 is 0 Å². The van der Waals surface area contributed by atoms with Crippen LogP contribution < -0.4 is 0 Å². The molecule has 1 N–H and O–H groups in total. The predicted molar refractivity (Wildman–Crippen MR) is 48.8 cm³/mol. The van der Waals surface area contributed by atoms with Crippen LogP contribution in [0, 0.1) is 0 Å². The molecule has 2 heterocycles. The summed E-state index contributed by atoms with van der Waals surface area (Å²) in [5.74, 6) is 0.946. The standard InChI is InChI=1S/C10H10N2O/c13-10-6-11-9-5-8(7-1-2-7)3-4-12(9)10/h3-7,13H,1-2H2. The molecule has 0 amide bonds. The van der Waals surface area contributed by atoms with Crippen LogP contribution in [0.1, 0.15) is 24.3 Å². The van der Waals surface area contributed by atoms with Crippen molar-refractivity contribution in [3.05, 3.63) is 30.1 Å². The fourth-order valence-corrected chi connectivity index (χ4v) is 1.65. The van der Waals surface area contributed by atoms with Gasteiger partial charge in [-0.15, -0.1) is 0 Å². The lowest BCUT2D eigenvalue weighted by molar-refractivity contribution is 0.448. The number of hydrogen-bond acceptors (Lipinski definition) is 2. The van der Waals surface area contributed by atoms with Gasteiger partial charge in [-0.1, -0.05) is 0 Å². The van der Waals surface area contributed by atoms with Gasteiger partial charge < -0.3 is 5.11 Å². The summed E-state index contributed by atoms with van der Waals surface area (Å²) in [7, 11) is 0. The molecule has 0 spiro atoms. The summed E-state index contributed by atoms with van der Waals surface area (Å²) in [6.45, 7) is 0. The van der Waals surface area contributed by atoms with E-state index in [1.165, 1.54) is 24.6 Å². The van der Waals surface area contributed by atoms with Gasteiger partial charge in [0.2, 0.25) is 5.88 Å². The minimum atomic E-state index is 0.206. The van der Waals surface area contributed by atoms with Crippen molar-refractivity contribution in [1.82, 2.24) is 9.38 Å². The third kappa shape index (κ3) is 1.00. The maximum Gasteiger partial charge on any atom is 0.215 e. The highest BCUT2D eigenvalue weighted by atomic mass is 16.3. The lowest BCUT2D eigenvalue weighted by Crippen LogP contribution is -1.86. The Morgan fingerprint density at radius 3 is 3.08 bits per heavy atom. The van der Waals surface area contributed by atoms with E-state index in [1.54, 1.807) is 4.40 Å². The molecule has 1 aliphatic rings. The molecule has 0 radical (unpaired) electrons. The first-order valence-corrected chi connectivity index (χ1v) is 4.50. The summed E-state index contributed by atoms with van der Waals surface area (Å²) >= 11 is 0. The number of imidazole rings is 1. The molecule has 2 aromatic heterocycles. The van der Waals surface area contributed by atoms with Crippen LogP contribution in [0.15, 0.2) is 24.5 Å². The second-order valence-electron chi connectivity index (χ2n) is 3.58. The van der Waals surface area contributed by atoms with Crippen molar-refractivity contribution in [2.75, 3.05) is 0 Å². The van der Waals surface area contributed by atoms with Crippen molar-refractivity contribution in [2.45, 2.75) is 18.8 Å². The molecule has 13 heavy (non-hydrogen) atoms. The number of hydrogen-bond donors (Lipinski definition) is 1. The summed E-state index contributed by atoms with van der Waals surface area (Å²) < 4.78 is 1.69. The molecule has 1 aliphatic carbocycles. The molecule has 3 nitrogen and oxygen atoms in total. The number of nitrogens with zero attached hydrogens (tertiary/aromatic N) is 2. The average molecular weight is 174 g/mol. The largest absolute Gasteiger partial charge is 0.493 e. The number of aromatic nitrogens is 2. The van der Waals surface area contributed by atoms with E-state index in [2.05, 4.69) is 17.1 Å². The van der Waals surface area contributed by atoms with Crippen LogP contribution in [0.4, 0.5) is 0 Å². The topological polar surface area (TPSA) is 37.5 Å². The molecule has 0 saturated heterocycles. The van der Waals surface area contributed by atoms with E-state index >= 15 is 0 Å². The van der Waals surface area contributed by atoms with Gasteiger partial charge in [0.1, 0.15) is 5.65 Å². The maximum absolute atomic E-state index is 9.36. The number of fused-ring (bicyclic) bond motifs is 1. The van der Waals surface area contributed by atoms with E-state index in [1.807, 2.05) is 6.20 Å². The number of aromatic hydroxyl groups is 1. The first kappa shape index (κ1) is 6.95. The zero-order valence-corrected chi connectivity index (χ0v) is 7.14. The number of pyridine rings is 1. The molecule has 0 atom stereocenters. The lowest BCUT2D eigenvalue weighted by atomic mass is 10.2. The molecule has 3 rings (SSSR count). The molecule has 3 heteroatoms. The second-order valence-corrected chi connectivity index (χ2v) is 3.58. The Hall–Kier alpha value is -1.51. The molecule has 1 saturated carbocycles. The molecule has 66 valence electrons. The van der Waals surface area contributed by atoms with E-state index < -0.39 is 0 Å². The Labute approximate surface area is 75.7 Å². The molecular weight excluding hydrogens is 164 g/mol. The fourth-order valence-electron chi connectivity index (χ4n) is 1.65. The first-order chi connectivity index (χ1) is 6.34. The van der Waals surface area contributed by atoms with Crippen LogP contribution in [0.5, 0.6) is 5.88 Å². The third-order valence-corrected chi connectivity index (χ3v) is 2.57. The quantitative estimate of drug-likeness (QED) is 0.717. The molecule has 1 fully saturated rings. The van der Waals surface area contributed by atoms with Crippen LogP contribution in [-0.2, 0) is 0 Å². The van der Waals surface area contributed by atoms with Gasteiger partial charge in [0, 0.05) is 6.20 Å². The van der Waals surface area contributed by atoms with Crippen molar-refractivity contribution in [3.8, 4) is 5.88 Å². The summed E-state index contributed by atoms with van der Waals surface area (Å²) in [5, 5.41) is 9.36. The van der Waals surface area contributed by atoms with Gasteiger partial charge in [-0.2, -0.15) is 0 Å². The van der Waals surface area contributed by atoms with Crippen LogP contribution in [0.2, 0.25) is 0 Å². The number of rotatable bonds is 1. The predicted octanol–water partition coefficient (Wildman–Crippen LogP) is 1.92. The summed E-state index contributed by atoms with van der Waals surface area (Å²) in [5.41, 5.74) is 2.18. The van der Waals surface area contributed by atoms with Crippen molar-refractivity contribution < 1.29 is 5.11 Å². The van der Waals surface area contributed by atoms with E-state index in [9.17, 15) is 5.11 Å². The zero-order valence-electron chi connectivity index (χ0n) is 7.14. The Bertz CT molecular complexity index is 457. The van der Waals surface area contributed by atoms with E-state index in [0.717, 1.165) is 11.6 Å². The molecule has 0 unspecified atom stereocenters. The van der Waals surface area contributed by atoms with Crippen LogP contribution >= 0.6 is 0 Å². The monoisotopic (exact) mass is 174 g/mol. The van der Waals surface area contributed by atoms with Crippen molar-refractivity contribution in [1.29, 1.82) is 0 Å². The first-order valence-electron chi connectivity index (χ1n) is 4.50. The molecule has 2 aromatic rings. The normalized spacial score (nSPS) is 16.6. The van der Waals surface area contributed by atoms with Gasteiger partial charge in [0.05, 0.1) is 6.20 Å². The minimum Gasteiger partial charge on any atom is -0.493 e. The van der Waals surface area contributed by atoms with Crippen LogP contribution in [0.25, 0.3) is 5.65 Å². The Morgan fingerprint density at radius 1 is 1.46 bits per heavy atom. The van der Waals surface area contributed by atoms with Gasteiger partial charge in [-0.25, -0.2) is 4.98 Å². The van der Waals surface area contributed by atoms with Gasteiger partial charge in [-0.3, -0.25) is 4.40 Å². The van der Waals surface area contributed by atoms with Crippen molar-refractivity contribution >= 4 is 5.65 Å². The Kier molecular flexibility index (Phi) is 1.20. The van der Waals surface area contributed by atoms with E-state index in [0.29, 0.717) is 0 Å². The smallest absolute Gasteiger partial charge is 0.215 e. The molecule has 0 aliphatic heterocycles. The molecule has 0 aromatic carbocycles. The Balaban J connectivity index is 2.21. The maximum atomic E-state index is 9.36. The minimum absolute atomic E-state index is 0.206. The lowest BCUT2D eigenvalue weighted by Gasteiger charge is -1.99.